The molecule has 2 rings (SSSR count). The van der Waals surface area contributed by atoms with Crippen LogP contribution in [0.25, 0.3) is 0 Å². The Bertz CT molecular complexity index is 605. The van der Waals surface area contributed by atoms with Crippen LogP contribution in [0, 0.1) is 23.3 Å². The summed E-state index contributed by atoms with van der Waals surface area (Å²) in [5.74, 6) is -6.03. The number of hydrogen-bond donors (Lipinski definition) is 0. The van der Waals surface area contributed by atoms with E-state index in [4.69, 9.17) is 0 Å². The van der Waals surface area contributed by atoms with Gasteiger partial charge >= 0.3 is 0 Å². The quantitative estimate of drug-likeness (QED) is 0.455. The van der Waals surface area contributed by atoms with Crippen LogP contribution in [0.2, 0.25) is 0 Å². The summed E-state index contributed by atoms with van der Waals surface area (Å²) in [6.07, 6.45) is 0. The largest absolute Gasteiger partial charge is 0.288 e. The molecule has 0 heterocycles. The van der Waals surface area contributed by atoms with Crippen molar-refractivity contribution in [2.24, 2.45) is 0 Å². The molecule has 0 saturated heterocycles. The molecule has 0 fully saturated rings. The van der Waals surface area contributed by atoms with E-state index in [0.717, 1.165) is 30.3 Å². The highest BCUT2D eigenvalue weighted by Crippen LogP contribution is 2.18. The van der Waals surface area contributed by atoms with Crippen LogP contribution in [-0.4, -0.2) is 5.78 Å². The molecule has 92 valence electrons. The average molecular weight is 254 g/mol. The van der Waals surface area contributed by atoms with E-state index in [0.29, 0.717) is 6.07 Å². The fourth-order valence-electron chi connectivity index (χ4n) is 1.46. The van der Waals surface area contributed by atoms with Gasteiger partial charge in [0.2, 0.25) is 0 Å². The molecule has 0 aliphatic carbocycles. The maximum absolute atomic E-state index is 13.4. The van der Waals surface area contributed by atoms with Crippen molar-refractivity contribution in [3.63, 3.8) is 0 Å². The van der Waals surface area contributed by atoms with Crippen molar-refractivity contribution < 1.29 is 22.4 Å². The number of benzene rings is 2. The minimum absolute atomic E-state index is 0.0127. The lowest BCUT2D eigenvalue weighted by atomic mass is 10.0. The second kappa shape index (κ2) is 4.60. The number of carbonyl (C=O) groups is 1. The Hall–Kier alpha value is -2.17. The number of rotatable bonds is 2. The summed E-state index contributed by atoms with van der Waals surface area (Å²) in [4.78, 5) is 11.8. The second-order valence-electron chi connectivity index (χ2n) is 3.56. The molecule has 0 amide bonds. The van der Waals surface area contributed by atoms with Gasteiger partial charge in [0.15, 0.2) is 23.2 Å². The predicted molar refractivity (Wildman–Crippen MR) is 56.1 cm³/mol. The van der Waals surface area contributed by atoms with Crippen LogP contribution in [0.1, 0.15) is 15.9 Å². The van der Waals surface area contributed by atoms with E-state index in [9.17, 15) is 22.4 Å². The smallest absolute Gasteiger partial charge is 0.196 e. The van der Waals surface area contributed by atoms with Crippen LogP contribution in [0.4, 0.5) is 17.6 Å². The molecule has 0 unspecified atom stereocenters. The molecule has 0 aromatic heterocycles. The van der Waals surface area contributed by atoms with Gasteiger partial charge in [-0.3, -0.25) is 4.79 Å². The lowest BCUT2D eigenvalue weighted by molar-refractivity contribution is 0.103. The lowest BCUT2D eigenvalue weighted by Gasteiger charge is -2.04. The van der Waals surface area contributed by atoms with Gasteiger partial charge in [-0.25, -0.2) is 17.6 Å². The second-order valence-corrected chi connectivity index (χ2v) is 3.56. The van der Waals surface area contributed by atoms with E-state index < -0.39 is 34.6 Å². The number of carbonyl (C=O) groups excluding carboxylic acids is 1. The highest BCUT2D eigenvalue weighted by Gasteiger charge is 2.19. The Balaban J connectivity index is 2.46. The molecule has 5 heteroatoms. The predicted octanol–water partition coefficient (Wildman–Crippen LogP) is 3.47. The minimum Gasteiger partial charge on any atom is -0.288 e. The zero-order chi connectivity index (χ0) is 13.3. The van der Waals surface area contributed by atoms with Crippen molar-refractivity contribution in [1.82, 2.24) is 0 Å². The summed E-state index contributed by atoms with van der Waals surface area (Å²) >= 11 is 0. The van der Waals surface area contributed by atoms with E-state index in [1.807, 2.05) is 0 Å². The summed E-state index contributed by atoms with van der Waals surface area (Å²) in [5, 5.41) is 0. The van der Waals surface area contributed by atoms with Crippen molar-refractivity contribution in [3.8, 4) is 0 Å². The molecular weight excluding hydrogens is 248 g/mol. The van der Waals surface area contributed by atoms with Crippen LogP contribution >= 0.6 is 0 Å². The SMILES string of the molecule is O=C(c1ccc(F)cc1)c1ccc(F)c(F)c1F. The Morgan fingerprint density at radius 2 is 1.39 bits per heavy atom. The Labute approximate surface area is 99.7 Å². The zero-order valence-electron chi connectivity index (χ0n) is 8.88. The van der Waals surface area contributed by atoms with Crippen molar-refractivity contribution in [3.05, 3.63) is 70.8 Å². The number of halogens is 4. The van der Waals surface area contributed by atoms with Gasteiger partial charge in [-0.05, 0) is 36.4 Å². The van der Waals surface area contributed by atoms with Gasteiger partial charge in [-0.2, -0.15) is 0 Å². The van der Waals surface area contributed by atoms with Crippen molar-refractivity contribution in [1.29, 1.82) is 0 Å². The van der Waals surface area contributed by atoms with E-state index in [-0.39, 0.29) is 5.56 Å². The van der Waals surface area contributed by atoms with Crippen molar-refractivity contribution in [2.45, 2.75) is 0 Å². The zero-order valence-corrected chi connectivity index (χ0v) is 8.88. The van der Waals surface area contributed by atoms with Crippen LogP contribution in [-0.2, 0) is 0 Å². The molecule has 18 heavy (non-hydrogen) atoms. The molecule has 0 aliphatic heterocycles. The molecule has 0 atom stereocenters. The average Bonchev–Trinajstić information content (AvgIpc) is 2.36. The molecule has 0 radical (unpaired) electrons. The molecule has 0 bridgehead atoms. The van der Waals surface area contributed by atoms with Crippen molar-refractivity contribution in [2.75, 3.05) is 0 Å². The first-order valence-corrected chi connectivity index (χ1v) is 4.94. The molecule has 0 aliphatic rings. The van der Waals surface area contributed by atoms with Gasteiger partial charge in [0.25, 0.3) is 0 Å². The fourth-order valence-corrected chi connectivity index (χ4v) is 1.46. The molecule has 0 spiro atoms. The minimum atomic E-state index is -1.71. The standard InChI is InChI=1S/C13H6F4O/c14-8-3-1-7(2-4-8)13(18)9-5-6-10(15)12(17)11(9)16/h1-6H. The Morgan fingerprint density at radius 3 is 2.00 bits per heavy atom. The normalized spacial score (nSPS) is 10.4. The van der Waals surface area contributed by atoms with Gasteiger partial charge in [-0.15, -0.1) is 0 Å². The van der Waals surface area contributed by atoms with E-state index >= 15 is 0 Å². The van der Waals surface area contributed by atoms with Gasteiger partial charge in [-0.1, -0.05) is 0 Å². The van der Waals surface area contributed by atoms with Crippen molar-refractivity contribution >= 4 is 5.78 Å². The Kier molecular flexibility index (Phi) is 3.14. The van der Waals surface area contributed by atoms with E-state index in [1.54, 1.807) is 0 Å². The number of hydrogen-bond acceptors (Lipinski definition) is 1. The summed E-state index contributed by atoms with van der Waals surface area (Å²) in [6.45, 7) is 0. The molecule has 0 N–H and O–H groups in total. The third kappa shape index (κ3) is 2.11. The first kappa shape index (κ1) is 12.3. The van der Waals surface area contributed by atoms with E-state index in [1.165, 1.54) is 0 Å². The molecule has 2 aromatic carbocycles. The van der Waals surface area contributed by atoms with Gasteiger partial charge in [0.05, 0.1) is 5.56 Å². The van der Waals surface area contributed by atoms with Crippen LogP contribution in [0.5, 0.6) is 0 Å². The van der Waals surface area contributed by atoms with Crippen LogP contribution in [0.15, 0.2) is 36.4 Å². The monoisotopic (exact) mass is 254 g/mol. The molecule has 0 saturated carbocycles. The summed E-state index contributed by atoms with van der Waals surface area (Å²) < 4.78 is 51.7. The maximum Gasteiger partial charge on any atom is 0.196 e. The first-order chi connectivity index (χ1) is 8.50. The highest BCUT2D eigenvalue weighted by atomic mass is 19.2. The molecule has 1 nitrogen and oxygen atoms in total. The lowest BCUT2D eigenvalue weighted by Crippen LogP contribution is -2.07. The fraction of sp³-hybridized carbons (Fsp3) is 0. The summed E-state index contributed by atoms with van der Waals surface area (Å²) in [6, 6.07) is 5.82. The van der Waals surface area contributed by atoms with Gasteiger partial charge < -0.3 is 0 Å². The third-order valence-electron chi connectivity index (χ3n) is 2.39. The highest BCUT2D eigenvalue weighted by molar-refractivity contribution is 6.09. The third-order valence-corrected chi connectivity index (χ3v) is 2.39. The van der Waals surface area contributed by atoms with Gasteiger partial charge in [0.1, 0.15) is 5.82 Å². The summed E-state index contributed by atoms with van der Waals surface area (Å²) in [7, 11) is 0. The molecule has 2 aromatic rings. The first-order valence-electron chi connectivity index (χ1n) is 4.94. The van der Waals surface area contributed by atoms with Gasteiger partial charge in [0, 0.05) is 5.56 Å². The topological polar surface area (TPSA) is 17.1 Å². The van der Waals surface area contributed by atoms with Crippen LogP contribution in [0.3, 0.4) is 0 Å². The molecular formula is C13H6F4O. The maximum atomic E-state index is 13.4. The number of ketones is 1. The Morgan fingerprint density at radius 1 is 0.778 bits per heavy atom. The summed E-state index contributed by atoms with van der Waals surface area (Å²) in [5.41, 5.74) is -0.609. The van der Waals surface area contributed by atoms with Crippen LogP contribution < -0.4 is 0 Å². The van der Waals surface area contributed by atoms with E-state index in [2.05, 4.69) is 0 Å².